The van der Waals surface area contributed by atoms with Crippen LogP contribution in [0.5, 0.6) is 0 Å². The highest BCUT2D eigenvalue weighted by Gasteiger charge is 2.39. The summed E-state index contributed by atoms with van der Waals surface area (Å²) in [6, 6.07) is 12.1. The Kier molecular flexibility index (Phi) is 3.03. The molecule has 0 atom stereocenters. The van der Waals surface area contributed by atoms with Crippen molar-refractivity contribution < 1.29 is 9.59 Å². The molecule has 4 heteroatoms. The first-order valence-electron chi connectivity index (χ1n) is 5.71. The Morgan fingerprint density at radius 1 is 0.947 bits per heavy atom. The van der Waals surface area contributed by atoms with Gasteiger partial charge >= 0.3 is 0 Å². The zero-order chi connectivity index (χ0) is 13.6. The SMILES string of the molecule is O=C1c2ccccc2C(=O)C1c1cc(Cl)cc(Br)c1. The molecule has 19 heavy (non-hydrogen) atoms. The molecule has 0 aromatic heterocycles. The minimum absolute atomic E-state index is 0.158. The van der Waals surface area contributed by atoms with Gasteiger partial charge in [-0.15, -0.1) is 0 Å². The van der Waals surface area contributed by atoms with Crippen LogP contribution >= 0.6 is 27.5 Å². The van der Waals surface area contributed by atoms with Crippen molar-refractivity contribution in [2.24, 2.45) is 0 Å². The highest BCUT2D eigenvalue weighted by Crippen LogP contribution is 2.35. The van der Waals surface area contributed by atoms with Crippen molar-refractivity contribution in [3.63, 3.8) is 0 Å². The van der Waals surface area contributed by atoms with E-state index in [9.17, 15) is 9.59 Å². The van der Waals surface area contributed by atoms with Crippen LogP contribution in [-0.4, -0.2) is 11.6 Å². The number of rotatable bonds is 1. The van der Waals surface area contributed by atoms with Gasteiger partial charge in [-0.25, -0.2) is 0 Å². The summed E-state index contributed by atoms with van der Waals surface area (Å²) in [5, 5.41) is 0.501. The fourth-order valence-electron chi connectivity index (χ4n) is 2.39. The highest BCUT2D eigenvalue weighted by atomic mass is 79.9. The monoisotopic (exact) mass is 334 g/mol. The van der Waals surface area contributed by atoms with E-state index in [0.717, 1.165) is 4.47 Å². The van der Waals surface area contributed by atoms with Crippen LogP contribution in [0.4, 0.5) is 0 Å². The van der Waals surface area contributed by atoms with E-state index in [2.05, 4.69) is 15.9 Å². The molecule has 0 aliphatic heterocycles. The van der Waals surface area contributed by atoms with Crippen molar-refractivity contribution in [3.05, 3.63) is 68.7 Å². The molecule has 2 nitrogen and oxygen atoms in total. The quantitative estimate of drug-likeness (QED) is 0.730. The summed E-state index contributed by atoms with van der Waals surface area (Å²) in [5.74, 6) is -1.09. The van der Waals surface area contributed by atoms with Crippen LogP contribution in [0.25, 0.3) is 0 Å². The van der Waals surface area contributed by atoms with Gasteiger partial charge < -0.3 is 0 Å². The Labute approximate surface area is 123 Å². The standard InChI is InChI=1S/C15H8BrClO2/c16-9-5-8(6-10(17)7-9)13-14(18)11-3-1-2-4-12(11)15(13)19/h1-7,13H. The van der Waals surface area contributed by atoms with Crippen molar-refractivity contribution in [1.82, 2.24) is 0 Å². The van der Waals surface area contributed by atoms with Crippen molar-refractivity contribution in [3.8, 4) is 0 Å². The summed E-state index contributed by atoms with van der Waals surface area (Å²) in [7, 11) is 0. The molecule has 0 amide bonds. The summed E-state index contributed by atoms with van der Waals surface area (Å²) in [6.45, 7) is 0. The number of Topliss-reactive ketones (excluding diaryl/α,β-unsaturated/α-hetero) is 2. The Morgan fingerprint density at radius 3 is 2.05 bits per heavy atom. The number of hydrogen-bond donors (Lipinski definition) is 0. The number of carbonyl (C=O) groups is 2. The fourth-order valence-corrected chi connectivity index (χ4v) is 3.27. The molecule has 0 heterocycles. The molecule has 0 spiro atoms. The van der Waals surface area contributed by atoms with E-state index in [4.69, 9.17) is 11.6 Å². The maximum absolute atomic E-state index is 12.4. The smallest absolute Gasteiger partial charge is 0.178 e. The first kappa shape index (κ1) is 12.6. The lowest BCUT2D eigenvalue weighted by Gasteiger charge is -2.08. The van der Waals surface area contributed by atoms with Crippen LogP contribution in [0.2, 0.25) is 5.02 Å². The van der Waals surface area contributed by atoms with Gasteiger partial charge in [0.25, 0.3) is 0 Å². The lowest BCUT2D eigenvalue weighted by molar-refractivity contribution is 0.0890. The molecule has 2 aromatic carbocycles. The first-order valence-corrected chi connectivity index (χ1v) is 6.88. The molecule has 1 aliphatic rings. The minimum Gasteiger partial charge on any atom is -0.293 e. The average Bonchev–Trinajstić information content (AvgIpc) is 2.61. The zero-order valence-electron chi connectivity index (χ0n) is 9.69. The average molecular weight is 336 g/mol. The summed E-state index contributed by atoms with van der Waals surface area (Å²) in [4.78, 5) is 24.7. The second-order valence-corrected chi connectivity index (χ2v) is 5.76. The Morgan fingerprint density at radius 2 is 1.53 bits per heavy atom. The van der Waals surface area contributed by atoms with Crippen LogP contribution in [0.3, 0.4) is 0 Å². The van der Waals surface area contributed by atoms with Crippen molar-refractivity contribution in [1.29, 1.82) is 0 Å². The Hall–Kier alpha value is -1.45. The van der Waals surface area contributed by atoms with E-state index in [1.807, 2.05) is 0 Å². The molecule has 1 aliphatic carbocycles. The zero-order valence-corrected chi connectivity index (χ0v) is 12.0. The van der Waals surface area contributed by atoms with E-state index in [1.165, 1.54) is 0 Å². The van der Waals surface area contributed by atoms with Crippen molar-refractivity contribution >= 4 is 39.1 Å². The van der Waals surface area contributed by atoms with Gasteiger partial charge in [-0.1, -0.05) is 51.8 Å². The van der Waals surface area contributed by atoms with Crippen LogP contribution in [-0.2, 0) is 0 Å². The molecule has 0 bridgehead atoms. The summed E-state index contributed by atoms with van der Waals surface area (Å²) in [5.41, 5.74) is 1.62. The number of hydrogen-bond acceptors (Lipinski definition) is 2. The van der Waals surface area contributed by atoms with Crippen LogP contribution in [0, 0.1) is 0 Å². The predicted octanol–water partition coefficient (Wildman–Crippen LogP) is 4.27. The minimum atomic E-state index is -0.771. The number of ketones is 2. The maximum atomic E-state index is 12.4. The number of halogens is 2. The maximum Gasteiger partial charge on any atom is 0.178 e. The molecule has 94 valence electrons. The normalized spacial score (nSPS) is 14.8. The number of fused-ring (bicyclic) bond motifs is 1. The van der Waals surface area contributed by atoms with Gasteiger partial charge in [0.05, 0.1) is 0 Å². The highest BCUT2D eigenvalue weighted by molar-refractivity contribution is 9.10. The molecule has 0 fully saturated rings. The summed E-state index contributed by atoms with van der Waals surface area (Å²) >= 11 is 9.31. The van der Waals surface area contributed by atoms with Crippen LogP contribution < -0.4 is 0 Å². The van der Waals surface area contributed by atoms with Crippen molar-refractivity contribution in [2.75, 3.05) is 0 Å². The molecular weight excluding hydrogens is 328 g/mol. The molecule has 2 aromatic rings. The third kappa shape index (κ3) is 2.03. The molecule has 0 saturated carbocycles. The van der Waals surface area contributed by atoms with E-state index < -0.39 is 5.92 Å². The van der Waals surface area contributed by atoms with Gasteiger partial charge in [-0.05, 0) is 23.8 Å². The van der Waals surface area contributed by atoms with E-state index in [-0.39, 0.29) is 11.6 Å². The Balaban J connectivity index is 2.14. The van der Waals surface area contributed by atoms with Gasteiger partial charge in [0.15, 0.2) is 11.6 Å². The fraction of sp³-hybridized carbons (Fsp3) is 0.0667. The van der Waals surface area contributed by atoms with Gasteiger partial charge in [0.1, 0.15) is 5.92 Å². The Bertz CT molecular complexity index is 654. The van der Waals surface area contributed by atoms with Gasteiger partial charge in [-0.2, -0.15) is 0 Å². The molecule has 0 N–H and O–H groups in total. The first-order chi connectivity index (χ1) is 9.08. The van der Waals surface area contributed by atoms with E-state index in [1.54, 1.807) is 42.5 Å². The number of benzene rings is 2. The number of carbonyl (C=O) groups excluding carboxylic acids is 2. The molecule has 0 saturated heterocycles. The van der Waals surface area contributed by atoms with Gasteiger partial charge in [0.2, 0.25) is 0 Å². The van der Waals surface area contributed by atoms with Gasteiger partial charge in [-0.3, -0.25) is 9.59 Å². The van der Waals surface area contributed by atoms with Gasteiger partial charge in [0, 0.05) is 20.6 Å². The second kappa shape index (κ2) is 4.58. The molecule has 0 radical (unpaired) electrons. The lowest BCUT2D eigenvalue weighted by Crippen LogP contribution is -2.12. The molecule has 0 unspecified atom stereocenters. The second-order valence-electron chi connectivity index (χ2n) is 4.41. The third-order valence-corrected chi connectivity index (χ3v) is 3.88. The lowest BCUT2D eigenvalue weighted by atomic mass is 9.94. The van der Waals surface area contributed by atoms with Crippen LogP contribution in [0.15, 0.2) is 46.9 Å². The topological polar surface area (TPSA) is 34.1 Å². The largest absolute Gasteiger partial charge is 0.293 e. The predicted molar refractivity (Wildman–Crippen MR) is 77.0 cm³/mol. The van der Waals surface area contributed by atoms with E-state index in [0.29, 0.717) is 21.7 Å². The molecular formula is C15H8BrClO2. The third-order valence-electron chi connectivity index (χ3n) is 3.20. The summed E-state index contributed by atoms with van der Waals surface area (Å²) in [6.07, 6.45) is 0. The summed E-state index contributed by atoms with van der Waals surface area (Å²) < 4.78 is 0.756. The van der Waals surface area contributed by atoms with Crippen LogP contribution in [0.1, 0.15) is 32.2 Å². The van der Waals surface area contributed by atoms with E-state index >= 15 is 0 Å². The van der Waals surface area contributed by atoms with Crippen molar-refractivity contribution in [2.45, 2.75) is 5.92 Å². The molecule has 3 rings (SSSR count).